The minimum atomic E-state index is -4.05. The van der Waals surface area contributed by atoms with Crippen LogP contribution < -0.4 is 0 Å². The highest BCUT2D eigenvalue weighted by Gasteiger charge is 2.18. The van der Waals surface area contributed by atoms with Gasteiger partial charge in [-0.05, 0) is 17.7 Å². The summed E-state index contributed by atoms with van der Waals surface area (Å²) in [7, 11) is -2.67. The molecule has 0 saturated heterocycles. The van der Waals surface area contributed by atoms with Gasteiger partial charge in [-0.3, -0.25) is 4.55 Å². The highest BCUT2D eigenvalue weighted by Crippen LogP contribution is 2.20. The van der Waals surface area contributed by atoms with E-state index < -0.39 is 22.0 Å². The molecule has 1 N–H and O–H groups in total. The van der Waals surface area contributed by atoms with Crippen molar-refractivity contribution in [2.45, 2.75) is 6.10 Å². The zero-order chi connectivity index (χ0) is 11.5. The third kappa shape index (κ3) is 4.17. The molecule has 1 atom stereocenters. The summed E-state index contributed by atoms with van der Waals surface area (Å²) in [5.41, 5.74) is 0.652. The molecule has 1 rings (SSSR count). The van der Waals surface area contributed by atoms with Gasteiger partial charge in [0.15, 0.2) is 0 Å². The molecule has 0 saturated carbocycles. The average Bonchev–Trinajstić information content (AvgIpc) is 2.14. The molecule has 1 aromatic carbocycles. The van der Waals surface area contributed by atoms with Crippen molar-refractivity contribution < 1.29 is 17.7 Å². The second-order valence-corrected chi connectivity index (χ2v) is 4.96. The Bertz CT molecular complexity index is 412. The minimum absolute atomic E-state index is 0.467. The number of ether oxygens (including phenoxy) is 1. The van der Waals surface area contributed by atoms with Crippen LogP contribution in [0.5, 0.6) is 0 Å². The first-order valence-corrected chi connectivity index (χ1v) is 6.14. The third-order valence-corrected chi connectivity index (χ3v) is 2.86. The Morgan fingerprint density at radius 2 is 1.93 bits per heavy atom. The van der Waals surface area contributed by atoms with Crippen molar-refractivity contribution in [1.82, 2.24) is 0 Å². The predicted molar refractivity (Wildman–Crippen MR) is 57.6 cm³/mol. The fraction of sp³-hybridized carbons (Fsp3) is 0.333. The first-order valence-electron chi connectivity index (χ1n) is 4.16. The summed E-state index contributed by atoms with van der Waals surface area (Å²) in [6.07, 6.45) is -0.683. The molecule has 0 aliphatic rings. The van der Waals surface area contributed by atoms with Crippen molar-refractivity contribution in [3.05, 3.63) is 34.9 Å². The Hall–Kier alpha value is -0.620. The Morgan fingerprint density at radius 3 is 2.33 bits per heavy atom. The van der Waals surface area contributed by atoms with E-state index in [1.807, 2.05) is 0 Å². The van der Waals surface area contributed by atoms with E-state index in [0.717, 1.165) is 0 Å². The molecule has 0 amide bonds. The van der Waals surface area contributed by atoms with Gasteiger partial charge in [-0.15, -0.1) is 0 Å². The van der Waals surface area contributed by atoms with Gasteiger partial charge in [0.05, 0.1) is 6.10 Å². The molecule has 4 nitrogen and oxygen atoms in total. The molecular formula is C9H11ClO4S. The smallest absolute Gasteiger partial charge is 0.267 e. The van der Waals surface area contributed by atoms with Crippen molar-refractivity contribution in [2.75, 3.05) is 12.9 Å². The fourth-order valence-corrected chi connectivity index (χ4v) is 2.01. The Balaban J connectivity index is 2.88. The molecule has 6 heteroatoms. The number of halogens is 1. The van der Waals surface area contributed by atoms with Crippen LogP contribution in [0.4, 0.5) is 0 Å². The number of rotatable bonds is 4. The summed E-state index contributed by atoms with van der Waals surface area (Å²) >= 11 is 5.68. The molecule has 1 aromatic rings. The van der Waals surface area contributed by atoms with E-state index in [2.05, 4.69) is 0 Å². The van der Waals surface area contributed by atoms with Crippen LogP contribution in [0.3, 0.4) is 0 Å². The van der Waals surface area contributed by atoms with Crippen molar-refractivity contribution in [2.24, 2.45) is 0 Å². The second kappa shape index (κ2) is 4.94. The van der Waals surface area contributed by atoms with E-state index in [9.17, 15) is 8.42 Å². The first-order chi connectivity index (χ1) is 6.92. The summed E-state index contributed by atoms with van der Waals surface area (Å²) in [5.74, 6) is -0.467. The normalized spacial score (nSPS) is 13.8. The monoisotopic (exact) mass is 250 g/mol. The number of hydrogen-bond donors (Lipinski definition) is 1. The van der Waals surface area contributed by atoms with Crippen LogP contribution >= 0.6 is 11.6 Å². The van der Waals surface area contributed by atoms with Crippen LogP contribution in [0.25, 0.3) is 0 Å². The molecule has 0 aliphatic carbocycles. The van der Waals surface area contributed by atoms with Crippen molar-refractivity contribution >= 4 is 21.7 Å². The molecule has 0 heterocycles. The largest absolute Gasteiger partial charge is 0.376 e. The Morgan fingerprint density at radius 1 is 1.40 bits per heavy atom. The summed E-state index contributed by atoms with van der Waals surface area (Å²) in [6, 6.07) is 6.57. The summed E-state index contributed by atoms with van der Waals surface area (Å²) in [4.78, 5) is 0. The van der Waals surface area contributed by atoms with Gasteiger partial charge in [0, 0.05) is 12.1 Å². The van der Waals surface area contributed by atoms with E-state index >= 15 is 0 Å². The predicted octanol–water partition coefficient (Wildman–Crippen LogP) is 1.92. The highest BCUT2D eigenvalue weighted by atomic mass is 35.5. The lowest BCUT2D eigenvalue weighted by atomic mass is 10.1. The maximum atomic E-state index is 10.7. The van der Waals surface area contributed by atoms with Crippen LogP contribution in [0.15, 0.2) is 24.3 Å². The van der Waals surface area contributed by atoms with Crippen LogP contribution in [0.2, 0.25) is 5.02 Å². The lowest BCUT2D eigenvalue weighted by Gasteiger charge is -2.13. The minimum Gasteiger partial charge on any atom is -0.376 e. The van der Waals surface area contributed by atoms with Gasteiger partial charge in [0.1, 0.15) is 5.75 Å². The van der Waals surface area contributed by atoms with E-state index in [0.29, 0.717) is 10.6 Å². The van der Waals surface area contributed by atoms with Gasteiger partial charge >= 0.3 is 0 Å². The van der Waals surface area contributed by atoms with Crippen molar-refractivity contribution in [3.8, 4) is 0 Å². The second-order valence-electron chi connectivity index (χ2n) is 3.02. The number of benzene rings is 1. The molecule has 0 aromatic heterocycles. The molecule has 0 bridgehead atoms. The van der Waals surface area contributed by atoms with Gasteiger partial charge < -0.3 is 4.74 Å². The maximum Gasteiger partial charge on any atom is 0.267 e. The maximum absolute atomic E-state index is 10.7. The average molecular weight is 251 g/mol. The number of methoxy groups -OCH3 is 1. The SMILES string of the molecule is COC(CS(=O)(=O)O)c1ccc(Cl)cc1. The lowest BCUT2D eigenvalue weighted by molar-refractivity contribution is 0.120. The quantitative estimate of drug-likeness (QED) is 0.830. The highest BCUT2D eigenvalue weighted by molar-refractivity contribution is 7.85. The first kappa shape index (κ1) is 12.4. The summed E-state index contributed by atoms with van der Waals surface area (Å²) in [5, 5.41) is 0.556. The van der Waals surface area contributed by atoms with Crippen LogP contribution in [-0.2, 0) is 14.9 Å². The molecule has 15 heavy (non-hydrogen) atoms. The van der Waals surface area contributed by atoms with Crippen LogP contribution in [0, 0.1) is 0 Å². The molecule has 0 radical (unpaired) electrons. The number of hydrogen-bond acceptors (Lipinski definition) is 3. The topological polar surface area (TPSA) is 63.6 Å². The Kier molecular flexibility index (Phi) is 4.10. The molecule has 0 fully saturated rings. The van der Waals surface area contributed by atoms with Crippen LogP contribution in [-0.4, -0.2) is 25.8 Å². The summed E-state index contributed by atoms with van der Waals surface area (Å²) < 4.78 is 35.1. The van der Waals surface area contributed by atoms with Gasteiger partial charge in [-0.1, -0.05) is 23.7 Å². The van der Waals surface area contributed by atoms with E-state index in [-0.39, 0.29) is 0 Å². The van der Waals surface area contributed by atoms with E-state index in [1.165, 1.54) is 7.11 Å². The molecular weight excluding hydrogens is 240 g/mol. The van der Waals surface area contributed by atoms with Crippen molar-refractivity contribution in [1.29, 1.82) is 0 Å². The van der Waals surface area contributed by atoms with E-state index in [4.69, 9.17) is 20.9 Å². The van der Waals surface area contributed by atoms with Gasteiger partial charge in [-0.2, -0.15) is 8.42 Å². The van der Waals surface area contributed by atoms with Gasteiger partial charge in [-0.25, -0.2) is 0 Å². The summed E-state index contributed by atoms with van der Waals surface area (Å²) in [6.45, 7) is 0. The molecule has 0 aliphatic heterocycles. The molecule has 1 unspecified atom stereocenters. The van der Waals surface area contributed by atoms with Crippen molar-refractivity contribution in [3.63, 3.8) is 0 Å². The third-order valence-electron chi connectivity index (χ3n) is 1.89. The molecule has 84 valence electrons. The van der Waals surface area contributed by atoms with Crippen LogP contribution in [0.1, 0.15) is 11.7 Å². The standard InChI is InChI=1S/C9H11ClO4S/c1-14-9(6-15(11,12)13)7-2-4-8(10)5-3-7/h2-5,9H,6H2,1H3,(H,11,12,13). The zero-order valence-electron chi connectivity index (χ0n) is 8.05. The molecule has 0 spiro atoms. The lowest BCUT2D eigenvalue weighted by Crippen LogP contribution is -2.15. The zero-order valence-corrected chi connectivity index (χ0v) is 9.62. The van der Waals surface area contributed by atoms with Gasteiger partial charge in [0.2, 0.25) is 0 Å². The van der Waals surface area contributed by atoms with Gasteiger partial charge in [0.25, 0.3) is 10.1 Å². The fourth-order valence-electron chi connectivity index (χ4n) is 1.17. The Labute approximate surface area is 93.6 Å². The van der Waals surface area contributed by atoms with E-state index in [1.54, 1.807) is 24.3 Å².